The molecule has 20 heavy (non-hydrogen) atoms. The molecule has 3 nitrogen and oxygen atoms in total. The third-order valence-electron chi connectivity index (χ3n) is 3.83. The van der Waals surface area contributed by atoms with E-state index >= 15 is 0 Å². The molecule has 1 aromatic rings. The fraction of sp³-hybridized carbons (Fsp3) is 0.588. The highest BCUT2D eigenvalue weighted by molar-refractivity contribution is 5.76. The molecule has 3 heteroatoms. The average molecular weight is 276 g/mol. The van der Waals surface area contributed by atoms with Crippen molar-refractivity contribution in [3.05, 3.63) is 23.8 Å². The van der Waals surface area contributed by atoms with Crippen molar-refractivity contribution >= 4 is 6.29 Å². The third-order valence-corrected chi connectivity index (χ3v) is 3.83. The van der Waals surface area contributed by atoms with Crippen LogP contribution in [0.25, 0.3) is 0 Å². The standard InChI is InChI=1S/C17H24O3/c1-4-19-17-10-14(11-18)5-6-16(17)20-15-8-12(2)7-13(3)9-15/h5-6,10-13,15H,4,7-9H2,1-3H3. The zero-order valence-electron chi connectivity index (χ0n) is 12.6. The molecule has 1 aliphatic rings. The molecule has 0 aromatic heterocycles. The van der Waals surface area contributed by atoms with Gasteiger partial charge in [0.2, 0.25) is 0 Å². The summed E-state index contributed by atoms with van der Waals surface area (Å²) in [5.41, 5.74) is 0.617. The Morgan fingerprint density at radius 1 is 1.15 bits per heavy atom. The van der Waals surface area contributed by atoms with E-state index in [0.717, 1.165) is 24.9 Å². The number of rotatable bonds is 5. The van der Waals surface area contributed by atoms with Gasteiger partial charge < -0.3 is 9.47 Å². The summed E-state index contributed by atoms with van der Waals surface area (Å²) in [7, 11) is 0. The molecule has 2 rings (SSSR count). The molecular weight excluding hydrogens is 252 g/mol. The molecule has 1 aliphatic carbocycles. The first-order valence-electron chi connectivity index (χ1n) is 7.51. The van der Waals surface area contributed by atoms with E-state index in [1.807, 2.05) is 13.0 Å². The smallest absolute Gasteiger partial charge is 0.161 e. The number of hydrogen-bond acceptors (Lipinski definition) is 3. The first kappa shape index (κ1) is 14.9. The highest BCUT2D eigenvalue weighted by Crippen LogP contribution is 2.35. The molecule has 2 atom stereocenters. The summed E-state index contributed by atoms with van der Waals surface area (Å²) in [6.07, 6.45) is 4.53. The summed E-state index contributed by atoms with van der Waals surface area (Å²) >= 11 is 0. The van der Waals surface area contributed by atoms with Crippen LogP contribution in [-0.2, 0) is 0 Å². The second-order valence-electron chi connectivity index (χ2n) is 5.91. The predicted molar refractivity (Wildman–Crippen MR) is 79.6 cm³/mol. The minimum atomic E-state index is 0.245. The van der Waals surface area contributed by atoms with Crippen molar-refractivity contribution in [2.24, 2.45) is 11.8 Å². The summed E-state index contributed by atoms with van der Waals surface area (Å²) in [5, 5.41) is 0. The van der Waals surface area contributed by atoms with Crippen molar-refractivity contribution in [2.45, 2.75) is 46.1 Å². The molecule has 0 radical (unpaired) electrons. The van der Waals surface area contributed by atoms with Gasteiger partial charge in [0.05, 0.1) is 12.7 Å². The van der Waals surface area contributed by atoms with E-state index < -0.39 is 0 Å². The zero-order chi connectivity index (χ0) is 14.5. The molecule has 0 amide bonds. The van der Waals surface area contributed by atoms with Gasteiger partial charge in [0.25, 0.3) is 0 Å². The Balaban J connectivity index is 2.13. The van der Waals surface area contributed by atoms with Crippen LogP contribution in [-0.4, -0.2) is 19.0 Å². The molecular formula is C17H24O3. The van der Waals surface area contributed by atoms with E-state index in [9.17, 15) is 4.79 Å². The van der Waals surface area contributed by atoms with Crippen molar-refractivity contribution in [3.8, 4) is 11.5 Å². The maximum absolute atomic E-state index is 10.9. The van der Waals surface area contributed by atoms with Crippen LogP contribution in [0, 0.1) is 11.8 Å². The van der Waals surface area contributed by atoms with E-state index in [4.69, 9.17) is 9.47 Å². The molecule has 110 valence electrons. The first-order chi connectivity index (χ1) is 9.62. The Morgan fingerprint density at radius 2 is 1.85 bits per heavy atom. The van der Waals surface area contributed by atoms with Crippen LogP contribution < -0.4 is 9.47 Å². The summed E-state index contributed by atoms with van der Waals surface area (Å²) in [5.74, 6) is 2.83. The van der Waals surface area contributed by atoms with E-state index in [2.05, 4.69) is 13.8 Å². The molecule has 2 unspecified atom stereocenters. The van der Waals surface area contributed by atoms with Crippen LogP contribution >= 0.6 is 0 Å². The van der Waals surface area contributed by atoms with E-state index in [1.54, 1.807) is 12.1 Å². The lowest BCUT2D eigenvalue weighted by molar-refractivity contribution is 0.0971. The summed E-state index contributed by atoms with van der Waals surface area (Å²) in [6, 6.07) is 5.38. The van der Waals surface area contributed by atoms with Crippen molar-refractivity contribution < 1.29 is 14.3 Å². The zero-order valence-corrected chi connectivity index (χ0v) is 12.6. The van der Waals surface area contributed by atoms with Gasteiger partial charge in [-0.25, -0.2) is 0 Å². The van der Waals surface area contributed by atoms with E-state index in [-0.39, 0.29) is 6.10 Å². The van der Waals surface area contributed by atoms with Crippen molar-refractivity contribution in [2.75, 3.05) is 6.61 Å². The molecule has 0 saturated heterocycles. The average Bonchev–Trinajstić information content (AvgIpc) is 2.40. The van der Waals surface area contributed by atoms with Crippen molar-refractivity contribution in [3.63, 3.8) is 0 Å². The lowest BCUT2D eigenvalue weighted by Crippen LogP contribution is -2.28. The lowest BCUT2D eigenvalue weighted by Gasteiger charge is -2.32. The van der Waals surface area contributed by atoms with Gasteiger partial charge in [0, 0.05) is 5.56 Å². The van der Waals surface area contributed by atoms with Gasteiger partial charge in [-0.05, 0) is 56.2 Å². The second-order valence-corrected chi connectivity index (χ2v) is 5.91. The van der Waals surface area contributed by atoms with Gasteiger partial charge in [-0.15, -0.1) is 0 Å². The molecule has 1 fully saturated rings. The molecule has 0 N–H and O–H groups in total. The summed E-state index contributed by atoms with van der Waals surface area (Å²) in [4.78, 5) is 10.9. The lowest BCUT2D eigenvalue weighted by atomic mass is 9.82. The minimum Gasteiger partial charge on any atom is -0.490 e. The van der Waals surface area contributed by atoms with Crippen molar-refractivity contribution in [1.82, 2.24) is 0 Å². The maximum Gasteiger partial charge on any atom is 0.161 e. The molecule has 0 aliphatic heterocycles. The summed E-state index contributed by atoms with van der Waals surface area (Å²) < 4.78 is 11.7. The predicted octanol–water partition coefficient (Wildman–Crippen LogP) is 4.10. The number of carbonyl (C=O) groups is 1. The van der Waals surface area contributed by atoms with Gasteiger partial charge in [0.15, 0.2) is 11.5 Å². The van der Waals surface area contributed by atoms with Crippen LogP contribution in [0.2, 0.25) is 0 Å². The van der Waals surface area contributed by atoms with Gasteiger partial charge >= 0.3 is 0 Å². The Bertz CT molecular complexity index is 446. The number of benzene rings is 1. The topological polar surface area (TPSA) is 35.5 Å². The van der Waals surface area contributed by atoms with Crippen LogP contribution in [0.1, 0.15) is 50.4 Å². The Hall–Kier alpha value is -1.51. The minimum absolute atomic E-state index is 0.245. The Kier molecular flexibility index (Phi) is 5.05. The molecule has 1 aromatic carbocycles. The highest BCUT2D eigenvalue weighted by atomic mass is 16.5. The quantitative estimate of drug-likeness (QED) is 0.759. The molecule has 0 spiro atoms. The molecule has 0 bridgehead atoms. The van der Waals surface area contributed by atoms with Gasteiger partial charge in [-0.3, -0.25) is 4.79 Å². The van der Waals surface area contributed by atoms with Crippen LogP contribution in [0.15, 0.2) is 18.2 Å². The van der Waals surface area contributed by atoms with Crippen LogP contribution in [0.5, 0.6) is 11.5 Å². The van der Waals surface area contributed by atoms with Crippen LogP contribution in [0.4, 0.5) is 0 Å². The van der Waals surface area contributed by atoms with Crippen LogP contribution in [0.3, 0.4) is 0 Å². The number of ether oxygens (including phenoxy) is 2. The SMILES string of the molecule is CCOc1cc(C=O)ccc1OC1CC(C)CC(C)C1. The first-order valence-corrected chi connectivity index (χ1v) is 7.51. The van der Waals surface area contributed by atoms with Crippen molar-refractivity contribution in [1.29, 1.82) is 0 Å². The Morgan fingerprint density at radius 3 is 2.45 bits per heavy atom. The van der Waals surface area contributed by atoms with E-state index in [1.165, 1.54) is 6.42 Å². The maximum atomic E-state index is 10.9. The second kappa shape index (κ2) is 6.78. The van der Waals surface area contributed by atoms with Gasteiger partial charge in [0.1, 0.15) is 6.29 Å². The van der Waals surface area contributed by atoms with E-state index in [0.29, 0.717) is 29.8 Å². The Labute approximate surface area is 121 Å². The molecule has 0 heterocycles. The number of carbonyl (C=O) groups excluding carboxylic acids is 1. The van der Waals surface area contributed by atoms with Gasteiger partial charge in [-0.1, -0.05) is 13.8 Å². The fourth-order valence-electron chi connectivity index (χ4n) is 3.11. The summed E-state index contributed by atoms with van der Waals surface area (Å²) in [6.45, 7) is 7.06. The number of hydrogen-bond donors (Lipinski definition) is 0. The van der Waals surface area contributed by atoms with Gasteiger partial charge in [-0.2, -0.15) is 0 Å². The fourth-order valence-corrected chi connectivity index (χ4v) is 3.11. The third kappa shape index (κ3) is 3.75. The highest BCUT2D eigenvalue weighted by Gasteiger charge is 2.26. The normalized spacial score (nSPS) is 26.1. The monoisotopic (exact) mass is 276 g/mol. The largest absolute Gasteiger partial charge is 0.490 e. The number of aldehydes is 1. The molecule has 1 saturated carbocycles.